The predicted molar refractivity (Wildman–Crippen MR) is 121 cm³/mol. The monoisotopic (exact) mass is 404 g/mol. The maximum atomic E-state index is 12.4. The van der Waals surface area contributed by atoms with E-state index in [1.54, 1.807) is 0 Å². The van der Waals surface area contributed by atoms with Crippen molar-refractivity contribution in [3.63, 3.8) is 0 Å². The zero-order valence-corrected chi connectivity index (χ0v) is 18.9. The van der Waals surface area contributed by atoms with E-state index >= 15 is 0 Å². The van der Waals surface area contributed by atoms with Crippen LogP contribution in [0.1, 0.15) is 50.5 Å². The van der Waals surface area contributed by atoms with Crippen LogP contribution in [0.5, 0.6) is 0 Å². The Morgan fingerprint density at radius 1 is 1.25 bits per heavy atom. The highest BCUT2D eigenvalue weighted by atomic mass is 32.2. The van der Waals surface area contributed by atoms with Gasteiger partial charge in [-0.2, -0.15) is 11.8 Å². The number of guanidine groups is 1. The third-order valence-electron chi connectivity index (χ3n) is 5.13. The average Bonchev–Trinajstić information content (AvgIpc) is 2.72. The Balaban J connectivity index is 2.05. The molecule has 0 radical (unpaired) electrons. The number of nitrogens with one attached hydrogen (secondary N) is 1. The fourth-order valence-corrected chi connectivity index (χ4v) is 4.61. The number of carbonyl (C=O) groups excluding carboxylic acids is 1. The summed E-state index contributed by atoms with van der Waals surface area (Å²) < 4.78 is 0. The van der Waals surface area contributed by atoms with E-state index < -0.39 is 0 Å². The van der Waals surface area contributed by atoms with Gasteiger partial charge < -0.3 is 15.1 Å². The highest BCUT2D eigenvalue weighted by Crippen LogP contribution is 2.25. The molecule has 28 heavy (non-hydrogen) atoms. The van der Waals surface area contributed by atoms with Crippen LogP contribution in [0.25, 0.3) is 0 Å². The first kappa shape index (κ1) is 22.6. The summed E-state index contributed by atoms with van der Waals surface area (Å²) in [5.74, 6) is 2.91. The van der Waals surface area contributed by atoms with Crippen LogP contribution in [0.2, 0.25) is 0 Å². The van der Waals surface area contributed by atoms with Crippen molar-refractivity contribution in [1.82, 2.24) is 15.1 Å². The molecule has 1 aliphatic rings. The third kappa shape index (κ3) is 6.16. The molecule has 1 aromatic rings. The summed E-state index contributed by atoms with van der Waals surface area (Å²) >= 11 is 2.07. The molecule has 1 aliphatic heterocycles. The molecule has 1 N–H and O–H groups in total. The van der Waals surface area contributed by atoms with Gasteiger partial charge in [0.2, 0.25) is 0 Å². The van der Waals surface area contributed by atoms with Gasteiger partial charge in [-0.25, -0.2) is 4.99 Å². The highest BCUT2D eigenvalue weighted by Gasteiger charge is 2.24. The molecule has 1 saturated heterocycles. The molecule has 0 saturated carbocycles. The van der Waals surface area contributed by atoms with Crippen LogP contribution < -0.4 is 5.32 Å². The van der Waals surface area contributed by atoms with Crippen molar-refractivity contribution >= 4 is 23.6 Å². The molecule has 1 aromatic carbocycles. The molecule has 1 heterocycles. The fraction of sp³-hybridized carbons (Fsp3) is 0.636. The Bertz CT molecular complexity index is 640. The Morgan fingerprint density at radius 3 is 2.50 bits per heavy atom. The van der Waals surface area contributed by atoms with Crippen molar-refractivity contribution in [2.75, 3.05) is 38.5 Å². The molecule has 0 aromatic heterocycles. The minimum Gasteiger partial charge on any atom is -0.357 e. The highest BCUT2D eigenvalue weighted by molar-refractivity contribution is 8.00. The van der Waals surface area contributed by atoms with E-state index in [0.717, 1.165) is 55.6 Å². The number of nitrogens with zero attached hydrogens (tertiary/aromatic N) is 3. The molecular formula is C22H36N4OS. The molecule has 1 unspecified atom stereocenters. The van der Waals surface area contributed by atoms with Crippen LogP contribution >= 0.6 is 11.8 Å². The third-order valence-corrected chi connectivity index (χ3v) is 6.67. The lowest BCUT2D eigenvalue weighted by Crippen LogP contribution is -2.49. The summed E-state index contributed by atoms with van der Waals surface area (Å²) in [6, 6.07) is 7.88. The van der Waals surface area contributed by atoms with Crippen LogP contribution in [0.4, 0.5) is 0 Å². The van der Waals surface area contributed by atoms with Crippen molar-refractivity contribution in [2.45, 2.75) is 46.4 Å². The van der Waals surface area contributed by atoms with Crippen LogP contribution in [-0.2, 0) is 6.54 Å². The largest absolute Gasteiger partial charge is 0.357 e. The number of carbonyl (C=O) groups is 1. The molecule has 0 aliphatic carbocycles. The van der Waals surface area contributed by atoms with E-state index in [1.165, 1.54) is 0 Å². The standard InChI is InChI=1S/C22H36N4OS/c1-6-23-22(26-13-14-28-20(16-26)17(4)5)24-15-18-9-11-19(12-10-18)21(27)25(7-2)8-3/h9-12,17,20H,6-8,13-16H2,1-5H3,(H,23,24). The lowest BCUT2D eigenvalue weighted by molar-refractivity contribution is 0.0773. The molecule has 0 spiro atoms. The Hall–Kier alpha value is -1.69. The van der Waals surface area contributed by atoms with Crippen molar-refractivity contribution in [1.29, 1.82) is 0 Å². The van der Waals surface area contributed by atoms with E-state index in [9.17, 15) is 4.79 Å². The average molecular weight is 405 g/mol. The predicted octanol–water partition coefficient (Wildman–Crippen LogP) is 3.71. The first-order valence-corrected chi connectivity index (χ1v) is 11.6. The lowest BCUT2D eigenvalue weighted by atomic mass is 10.1. The van der Waals surface area contributed by atoms with Gasteiger partial charge in [-0.15, -0.1) is 0 Å². The second-order valence-electron chi connectivity index (χ2n) is 7.44. The zero-order chi connectivity index (χ0) is 20.5. The van der Waals surface area contributed by atoms with Crippen LogP contribution in [0, 0.1) is 5.92 Å². The number of rotatable bonds is 7. The number of hydrogen-bond acceptors (Lipinski definition) is 3. The topological polar surface area (TPSA) is 47.9 Å². The Morgan fingerprint density at radius 2 is 1.93 bits per heavy atom. The quantitative estimate of drug-likeness (QED) is 0.556. The minimum absolute atomic E-state index is 0.0962. The normalized spacial score (nSPS) is 17.7. The Kier molecular flexibility index (Phi) is 9.16. The molecule has 156 valence electrons. The lowest BCUT2D eigenvalue weighted by Gasteiger charge is -2.36. The van der Waals surface area contributed by atoms with Crippen molar-refractivity contribution in [3.8, 4) is 0 Å². The SMILES string of the molecule is CCNC(=NCc1ccc(C(=O)N(CC)CC)cc1)N1CCSC(C(C)C)C1. The van der Waals surface area contributed by atoms with Gasteiger partial charge in [0.1, 0.15) is 0 Å². The number of benzene rings is 1. The first-order chi connectivity index (χ1) is 13.5. The van der Waals surface area contributed by atoms with E-state index in [1.807, 2.05) is 43.0 Å². The molecule has 1 fully saturated rings. The number of hydrogen-bond donors (Lipinski definition) is 1. The second-order valence-corrected chi connectivity index (χ2v) is 8.79. The smallest absolute Gasteiger partial charge is 0.253 e. The Labute approximate surface area is 175 Å². The van der Waals surface area contributed by atoms with Crippen molar-refractivity contribution in [2.24, 2.45) is 10.9 Å². The van der Waals surface area contributed by atoms with Gasteiger partial charge in [0.15, 0.2) is 5.96 Å². The first-order valence-electron chi connectivity index (χ1n) is 10.5. The summed E-state index contributed by atoms with van der Waals surface area (Å²) in [5.41, 5.74) is 1.87. The second kappa shape index (κ2) is 11.3. The van der Waals surface area contributed by atoms with Crippen molar-refractivity contribution < 1.29 is 4.79 Å². The zero-order valence-electron chi connectivity index (χ0n) is 18.1. The number of aliphatic imine (C=N–C) groups is 1. The van der Waals surface area contributed by atoms with Gasteiger partial charge in [-0.1, -0.05) is 26.0 Å². The molecule has 5 nitrogen and oxygen atoms in total. The molecule has 6 heteroatoms. The van der Waals surface area contributed by atoms with E-state index in [-0.39, 0.29) is 5.91 Å². The maximum absolute atomic E-state index is 12.4. The van der Waals surface area contributed by atoms with Crippen LogP contribution in [0.15, 0.2) is 29.3 Å². The minimum atomic E-state index is 0.0962. The fourth-order valence-electron chi connectivity index (χ4n) is 3.31. The molecule has 1 atom stereocenters. The summed E-state index contributed by atoms with van der Waals surface area (Å²) in [5, 5.41) is 4.10. The van der Waals surface area contributed by atoms with Gasteiger partial charge >= 0.3 is 0 Å². The molecular weight excluding hydrogens is 368 g/mol. The van der Waals surface area contributed by atoms with Gasteiger partial charge in [-0.3, -0.25) is 4.79 Å². The van der Waals surface area contributed by atoms with E-state index in [4.69, 9.17) is 4.99 Å². The van der Waals surface area contributed by atoms with Crippen molar-refractivity contribution in [3.05, 3.63) is 35.4 Å². The number of amides is 1. The van der Waals surface area contributed by atoms with Gasteiger partial charge in [0.25, 0.3) is 5.91 Å². The summed E-state index contributed by atoms with van der Waals surface area (Å²) in [7, 11) is 0. The van der Waals surface area contributed by atoms with Gasteiger partial charge in [0, 0.05) is 49.3 Å². The van der Waals surface area contributed by atoms with Gasteiger partial charge in [-0.05, 0) is 44.4 Å². The van der Waals surface area contributed by atoms with Crippen LogP contribution in [0.3, 0.4) is 0 Å². The summed E-state index contributed by atoms with van der Waals surface area (Å²) in [4.78, 5) is 21.5. The molecule has 1 amide bonds. The number of thioether (sulfide) groups is 1. The molecule has 2 rings (SSSR count). The van der Waals surface area contributed by atoms with Crippen LogP contribution in [-0.4, -0.2) is 65.4 Å². The van der Waals surface area contributed by atoms with E-state index in [0.29, 0.717) is 17.7 Å². The summed E-state index contributed by atoms with van der Waals surface area (Å²) in [6.07, 6.45) is 0. The molecule has 0 bridgehead atoms. The maximum Gasteiger partial charge on any atom is 0.253 e. The van der Waals surface area contributed by atoms with Gasteiger partial charge in [0.05, 0.1) is 6.54 Å². The summed E-state index contributed by atoms with van der Waals surface area (Å²) in [6.45, 7) is 15.8. The van der Waals surface area contributed by atoms with E-state index in [2.05, 4.69) is 42.7 Å².